The minimum Gasteiger partial charge on any atom is -0.322 e. The molecule has 2 aliphatic rings. The monoisotopic (exact) mass is 307 g/mol. The van der Waals surface area contributed by atoms with Crippen LogP contribution in [0.1, 0.15) is 12.5 Å². The van der Waals surface area contributed by atoms with Crippen molar-refractivity contribution >= 4 is 40.1 Å². The van der Waals surface area contributed by atoms with E-state index in [1.165, 1.54) is 11.8 Å². The molecule has 0 bridgehead atoms. The van der Waals surface area contributed by atoms with Gasteiger partial charge in [0.1, 0.15) is 0 Å². The van der Waals surface area contributed by atoms with Crippen LogP contribution in [0.2, 0.25) is 5.02 Å². The van der Waals surface area contributed by atoms with Crippen LogP contribution in [0.25, 0.3) is 0 Å². The molecule has 0 radical (unpaired) electrons. The average Bonchev–Trinajstić information content (AvgIpc) is 2.96. The van der Waals surface area contributed by atoms with E-state index in [1.54, 1.807) is 0 Å². The molecule has 0 spiro atoms. The van der Waals surface area contributed by atoms with Gasteiger partial charge in [0, 0.05) is 12.2 Å². The van der Waals surface area contributed by atoms with Crippen LogP contribution in [0, 0.1) is 6.92 Å². The van der Waals surface area contributed by atoms with Crippen molar-refractivity contribution in [3.63, 3.8) is 0 Å². The number of halogens is 1. The van der Waals surface area contributed by atoms with E-state index in [0.717, 1.165) is 29.5 Å². The molecule has 104 valence electrons. The molecule has 0 atom stereocenters. The van der Waals surface area contributed by atoms with Crippen molar-refractivity contribution < 1.29 is 4.79 Å². The molecule has 3 rings (SSSR count). The molecule has 0 saturated heterocycles. The number of rotatable bonds is 2. The summed E-state index contributed by atoms with van der Waals surface area (Å²) < 4.78 is 0. The largest absolute Gasteiger partial charge is 0.322 e. The minimum absolute atomic E-state index is 0.129. The first-order chi connectivity index (χ1) is 9.56. The first-order valence-corrected chi connectivity index (χ1v) is 7.54. The van der Waals surface area contributed by atoms with Crippen LogP contribution in [-0.4, -0.2) is 29.1 Å². The van der Waals surface area contributed by atoms with E-state index in [4.69, 9.17) is 11.6 Å². The Kier molecular flexibility index (Phi) is 3.48. The van der Waals surface area contributed by atoms with E-state index in [-0.39, 0.29) is 5.91 Å². The molecule has 2 heterocycles. The number of benzene rings is 1. The Hall–Kier alpha value is -1.46. The average molecular weight is 308 g/mol. The van der Waals surface area contributed by atoms with Crippen LogP contribution >= 0.6 is 23.4 Å². The van der Waals surface area contributed by atoms with E-state index >= 15 is 0 Å². The Labute approximate surface area is 126 Å². The number of nitrogens with one attached hydrogen (secondary N) is 1. The predicted octanol–water partition coefficient (Wildman–Crippen LogP) is 3.24. The fraction of sp³-hybridized carbons (Fsp3) is 0.286. The van der Waals surface area contributed by atoms with E-state index in [0.29, 0.717) is 15.6 Å². The summed E-state index contributed by atoms with van der Waals surface area (Å²) in [5.41, 5.74) is 2.66. The minimum atomic E-state index is -0.129. The van der Waals surface area contributed by atoms with Crippen molar-refractivity contribution in [1.82, 2.24) is 4.90 Å². The van der Waals surface area contributed by atoms with Gasteiger partial charge >= 0.3 is 0 Å². The number of amides is 1. The molecule has 0 unspecified atom stereocenters. The summed E-state index contributed by atoms with van der Waals surface area (Å²) in [6.45, 7) is 5.57. The van der Waals surface area contributed by atoms with Gasteiger partial charge in [0.05, 0.1) is 22.2 Å². The number of aryl methyl sites for hydroxylation is 1. The smallest absolute Gasteiger partial charge is 0.264 e. The first-order valence-electron chi connectivity index (χ1n) is 6.34. The van der Waals surface area contributed by atoms with Gasteiger partial charge in [0.25, 0.3) is 5.91 Å². The van der Waals surface area contributed by atoms with Crippen molar-refractivity contribution in [2.24, 2.45) is 4.99 Å². The lowest BCUT2D eigenvalue weighted by Gasteiger charge is -2.12. The van der Waals surface area contributed by atoms with Gasteiger partial charge in [-0.25, -0.2) is 0 Å². The highest BCUT2D eigenvalue weighted by Gasteiger charge is 2.33. The summed E-state index contributed by atoms with van der Waals surface area (Å²) in [6, 6.07) is 5.58. The second kappa shape index (κ2) is 5.14. The summed E-state index contributed by atoms with van der Waals surface area (Å²) in [7, 11) is 0. The van der Waals surface area contributed by atoms with Crippen LogP contribution in [-0.2, 0) is 4.79 Å². The quantitative estimate of drug-likeness (QED) is 0.912. The normalized spacial score (nSPS) is 17.4. The molecular formula is C14H14ClN3OS. The van der Waals surface area contributed by atoms with Gasteiger partial charge in [0.15, 0.2) is 5.17 Å². The van der Waals surface area contributed by atoms with Gasteiger partial charge < -0.3 is 10.2 Å². The Balaban J connectivity index is 1.80. The Morgan fingerprint density at radius 2 is 2.25 bits per heavy atom. The molecule has 1 amide bonds. The number of carbonyl (C=O) groups excluding carboxylic acids is 1. The van der Waals surface area contributed by atoms with Crippen LogP contribution in [0.15, 0.2) is 33.8 Å². The molecule has 6 heteroatoms. The van der Waals surface area contributed by atoms with Gasteiger partial charge in [-0.3, -0.25) is 9.79 Å². The fourth-order valence-electron chi connectivity index (χ4n) is 2.22. The van der Waals surface area contributed by atoms with Crippen molar-refractivity contribution in [3.8, 4) is 0 Å². The third-order valence-corrected chi connectivity index (χ3v) is 4.84. The number of amidine groups is 1. The Morgan fingerprint density at radius 3 is 2.95 bits per heavy atom. The number of hydrogen-bond donors (Lipinski definition) is 1. The molecule has 20 heavy (non-hydrogen) atoms. The molecule has 1 N–H and O–H groups in total. The number of carbonyl (C=O) groups is 1. The third kappa shape index (κ3) is 2.31. The van der Waals surface area contributed by atoms with Crippen LogP contribution < -0.4 is 5.32 Å². The van der Waals surface area contributed by atoms with Crippen LogP contribution in [0.4, 0.5) is 5.69 Å². The summed E-state index contributed by atoms with van der Waals surface area (Å²) in [5, 5.41) is 4.34. The fourth-order valence-corrected chi connectivity index (χ4v) is 3.58. The van der Waals surface area contributed by atoms with Crippen molar-refractivity contribution in [2.45, 2.75) is 13.8 Å². The first kappa shape index (κ1) is 13.5. The van der Waals surface area contributed by atoms with Crippen molar-refractivity contribution in [3.05, 3.63) is 39.4 Å². The van der Waals surface area contributed by atoms with Gasteiger partial charge in [0.2, 0.25) is 0 Å². The summed E-state index contributed by atoms with van der Waals surface area (Å²) >= 11 is 7.57. The maximum atomic E-state index is 12.4. The van der Waals surface area contributed by atoms with Crippen LogP contribution in [0.3, 0.4) is 0 Å². The summed E-state index contributed by atoms with van der Waals surface area (Å²) in [5.74, 6) is -0.129. The SMILES string of the molecule is CC1=C(C(=O)Nc2ccc(C)cc2Cl)SC2=NCCN21. The Bertz CT molecular complexity index is 654. The molecule has 0 aliphatic carbocycles. The lowest BCUT2D eigenvalue weighted by molar-refractivity contribution is -0.112. The zero-order chi connectivity index (χ0) is 14.3. The maximum Gasteiger partial charge on any atom is 0.264 e. The zero-order valence-electron chi connectivity index (χ0n) is 11.2. The molecule has 0 fully saturated rings. The number of allylic oxidation sites excluding steroid dienone is 1. The van der Waals surface area contributed by atoms with Gasteiger partial charge in [-0.2, -0.15) is 0 Å². The van der Waals surface area contributed by atoms with Crippen molar-refractivity contribution in [1.29, 1.82) is 0 Å². The highest BCUT2D eigenvalue weighted by molar-refractivity contribution is 8.18. The van der Waals surface area contributed by atoms with Crippen molar-refractivity contribution in [2.75, 3.05) is 18.4 Å². The third-order valence-electron chi connectivity index (χ3n) is 3.31. The number of hydrogen-bond acceptors (Lipinski definition) is 4. The van der Waals surface area contributed by atoms with Gasteiger partial charge in [-0.15, -0.1) is 0 Å². The second-order valence-electron chi connectivity index (χ2n) is 4.77. The molecule has 1 aromatic carbocycles. The standard InChI is InChI=1S/C14H14ClN3OS/c1-8-3-4-11(10(15)7-8)17-13(19)12-9(2)18-6-5-16-14(18)20-12/h3-4,7H,5-6H2,1-2H3,(H,17,19). The summed E-state index contributed by atoms with van der Waals surface area (Å²) in [6.07, 6.45) is 0. The topological polar surface area (TPSA) is 44.7 Å². The van der Waals surface area contributed by atoms with E-state index in [2.05, 4.69) is 15.2 Å². The second-order valence-corrected chi connectivity index (χ2v) is 6.15. The van der Waals surface area contributed by atoms with Crippen LogP contribution in [0.5, 0.6) is 0 Å². The number of thioether (sulfide) groups is 1. The Morgan fingerprint density at radius 1 is 1.45 bits per heavy atom. The molecule has 0 aromatic heterocycles. The molecule has 2 aliphatic heterocycles. The number of anilines is 1. The van der Waals surface area contributed by atoms with E-state index < -0.39 is 0 Å². The molecule has 1 aromatic rings. The van der Waals surface area contributed by atoms with E-state index in [1.807, 2.05) is 32.0 Å². The van der Waals surface area contributed by atoms with Gasteiger partial charge in [-0.1, -0.05) is 17.7 Å². The number of fused-ring (bicyclic) bond motifs is 1. The summed E-state index contributed by atoms with van der Waals surface area (Å²) in [4.78, 5) is 19.5. The highest BCUT2D eigenvalue weighted by atomic mass is 35.5. The zero-order valence-corrected chi connectivity index (χ0v) is 12.8. The number of nitrogens with zero attached hydrogens (tertiary/aromatic N) is 2. The molecule has 0 saturated carbocycles. The molecule has 4 nitrogen and oxygen atoms in total. The van der Waals surface area contributed by atoms with E-state index in [9.17, 15) is 4.79 Å². The number of aliphatic imine (C=N–C) groups is 1. The highest BCUT2D eigenvalue weighted by Crippen LogP contribution is 2.37. The predicted molar refractivity (Wildman–Crippen MR) is 84.1 cm³/mol. The lowest BCUT2D eigenvalue weighted by Crippen LogP contribution is -2.20. The maximum absolute atomic E-state index is 12.4. The lowest BCUT2D eigenvalue weighted by atomic mass is 10.2. The molecular weight excluding hydrogens is 294 g/mol. The van der Waals surface area contributed by atoms with Gasteiger partial charge in [-0.05, 0) is 43.3 Å².